The zero-order chi connectivity index (χ0) is 14.3. The number of amides is 1. The lowest BCUT2D eigenvalue weighted by Gasteiger charge is -2.45. The van der Waals surface area contributed by atoms with Crippen molar-refractivity contribution >= 4 is 5.91 Å². The molecule has 1 saturated carbocycles. The number of rotatable bonds is 3. The number of methoxy groups -OCH3 is 1. The van der Waals surface area contributed by atoms with E-state index < -0.39 is 11.7 Å². The molecule has 3 N–H and O–H groups in total. The monoisotopic (exact) mass is 280 g/mol. The number of fused-ring (bicyclic) bond motifs is 1. The summed E-state index contributed by atoms with van der Waals surface area (Å²) in [6.07, 6.45) is 0.894. The van der Waals surface area contributed by atoms with E-state index >= 15 is 0 Å². The summed E-state index contributed by atoms with van der Waals surface area (Å²) in [6, 6.07) is 3.78. The van der Waals surface area contributed by atoms with Gasteiger partial charge in [-0.15, -0.1) is 0 Å². The van der Waals surface area contributed by atoms with E-state index in [0.717, 1.165) is 6.42 Å². The zero-order valence-corrected chi connectivity index (χ0v) is 11.1. The molecule has 2 fully saturated rings. The van der Waals surface area contributed by atoms with Crippen LogP contribution in [0.25, 0.3) is 0 Å². The van der Waals surface area contributed by atoms with Crippen LogP contribution >= 0.6 is 0 Å². The number of carbonyl (C=O) groups is 1. The third-order valence-electron chi connectivity index (χ3n) is 4.17. The quantitative estimate of drug-likeness (QED) is 0.854. The van der Waals surface area contributed by atoms with E-state index in [-0.39, 0.29) is 23.8 Å². The Balaban J connectivity index is 1.70. The summed E-state index contributed by atoms with van der Waals surface area (Å²) in [7, 11) is 1.44. The topological polar surface area (TPSA) is 73.6 Å². The van der Waals surface area contributed by atoms with E-state index in [0.29, 0.717) is 18.3 Å². The van der Waals surface area contributed by atoms with Crippen molar-refractivity contribution in [3.8, 4) is 5.75 Å². The second-order valence-corrected chi connectivity index (χ2v) is 5.21. The lowest BCUT2D eigenvalue weighted by Crippen LogP contribution is -2.69. The maximum absolute atomic E-state index is 13.8. The predicted octanol–water partition coefficient (Wildman–Crippen LogP) is 0.679. The van der Waals surface area contributed by atoms with Gasteiger partial charge >= 0.3 is 0 Å². The highest BCUT2D eigenvalue weighted by Crippen LogP contribution is 2.37. The molecule has 0 spiro atoms. The molecule has 1 amide bonds. The van der Waals surface area contributed by atoms with E-state index in [4.69, 9.17) is 15.2 Å². The van der Waals surface area contributed by atoms with Crippen molar-refractivity contribution in [2.45, 2.75) is 24.6 Å². The lowest BCUT2D eigenvalue weighted by molar-refractivity contribution is -0.0161. The Morgan fingerprint density at radius 1 is 1.55 bits per heavy atom. The molecular formula is C14H17FN2O3. The first-order valence-electron chi connectivity index (χ1n) is 6.63. The molecule has 20 heavy (non-hydrogen) atoms. The van der Waals surface area contributed by atoms with Gasteiger partial charge < -0.3 is 20.5 Å². The van der Waals surface area contributed by atoms with Crippen LogP contribution in [0.1, 0.15) is 16.8 Å². The van der Waals surface area contributed by atoms with Crippen LogP contribution in [0, 0.1) is 11.7 Å². The Bertz CT molecular complexity index is 537. The van der Waals surface area contributed by atoms with Crippen molar-refractivity contribution in [3.05, 3.63) is 29.6 Å². The molecular weight excluding hydrogens is 263 g/mol. The summed E-state index contributed by atoms with van der Waals surface area (Å²) in [6.45, 7) is 0.673. The number of carbonyl (C=O) groups excluding carboxylic acids is 1. The summed E-state index contributed by atoms with van der Waals surface area (Å²) in [4.78, 5) is 12.1. The highest BCUT2D eigenvalue weighted by Gasteiger charge is 2.52. The molecule has 1 aliphatic heterocycles. The van der Waals surface area contributed by atoms with Crippen LogP contribution in [0.2, 0.25) is 0 Å². The van der Waals surface area contributed by atoms with Gasteiger partial charge in [0.05, 0.1) is 24.8 Å². The van der Waals surface area contributed by atoms with Crippen molar-refractivity contribution in [2.75, 3.05) is 13.7 Å². The second kappa shape index (κ2) is 5.03. The summed E-state index contributed by atoms with van der Waals surface area (Å²) < 4.78 is 24.3. The summed E-state index contributed by atoms with van der Waals surface area (Å²) in [5.74, 6) is -0.405. The van der Waals surface area contributed by atoms with Crippen molar-refractivity contribution in [1.82, 2.24) is 5.32 Å². The van der Waals surface area contributed by atoms with E-state index in [1.54, 1.807) is 6.07 Å². The van der Waals surface area contributed by atoms with Crippen molar-refractivity contribution in [3.63, 3.8) is 0 Å². The minimum absolute atomic E-state index is 0.0144. The van der Waals surface area contributed by atoms with Crippen LogP contribution in [0.15, 0.2) is 18.2 Å². The molecule has 4 atom stereocenters. The molecule has 1 aliphatic carbocycles. The van der Waals surface area contributed by atoms with E-state index in [1.807, 2.05) is 0 Å². The molecule has 4 unspecified atom stereocenters. The summed E-state index contributed by atoms with van der Waals surface area (Å²) >= 11 is 0. The Kier molecular flexibility index (Phi) is 3.35. The molecule has 1 heterocycles. The Hall–Kier alpha value is -1.66. The number of nitrogens with one attached hydrogen (secondary N) is 1. The first-order chi connectivity index (χ1) is 9.61. The number of ether oxygens (including phenoxy) is 2. The van der Waals surface area contributed by atoms with Crippen LogP contribution < -0.4 is 15.8 Å². The zero-order valence-electron chi connectivity index (χ0n) is 11.1. The van der Waals surface area contributed by atoms with Gasteiger partial charge in [-0.3, -0.25) is 4.79 Å². The first kappa shape index (κ1) is 13.3. The summed E-state index contributed by atoms with van der Waals surface area (Å²) in [5, 5.41) is 2.76. The van der Waals surface area contributed by atoms with Gasteiger partial charge in [0, 0.05) is 24.6 Å². The van der Waals surface area contributed by atoms with Crippen LogP contribution in [0.3, 0.4) is 0 Å². The number of hydrogen-bond donors (Lipinski definition) is 2. The molecule has 1 aromatic rings. The normalized spacial score (nSPS) is 31.4. The second-order valence-electron chi connectivity index (χ2n) is 5.21. The molecule has 0 aromatic heterocycles. The van der Waals surface area contributed by atoms with Crippen LogP contribution in [-0.4, -0.2) is 37.8 Å². The van der Waals surface area contributed by atoms with Gasteiger partial charge in [0.25, 0.3) is 5.91 Å². The third kappa shape index (κ3) is 2.05. The Morgan fingerprint density at radius 2 is 2.35 bits per heavy atom. The van der Waals surface area contributed by atoms with Gasteiger partial charge in [0.2, 0.25) is 0 Å². The third-order valence-corrected chi connectivity index (χ3v) is 4.17. The molecule has 5 nitrogen and oxygen atoms in total. The highest BCUT2D eigenvalue weighted by molar-refractivity contribution is 5.95. The van der Waals surface area contributed by atoms with Gasteiger partial charge in [0.1, 0.15) is 11.6 Å². The van der Waals surface area contributed by atoms with Crippen LogP contribution in [0.5, 0.6) is 5.75 Å². The van der Waals surface area contributed by atoms with Crippen molar-refractivity contribution in [2.24, 2.45) is 11.7 Å². The molecule has 1 aromatic carbocycles. The molecule has 0 radical (unpaired) electrons. The minimum Gasteiger partial charge on any atom is -0.497 e. The maximum atomic E-state index is 13.8. The summed E-state index contributed by atoms with van der Waals surface area (Å²) in [5.41, 5.74) is 6.00. The minimum atomic E-state index is -0.612. The van der Waals surface area contributed by atoms with Crippen molar-refractivity contribution in [1.29, 1.82) is 0 Å². The highest BCUT2D eigenvalue weighted by atomic mass is 19.1. The number of nitrogens with two attached hydrogens (primary N) is 1. The molecule has 3 rings (SSSR count). The standard InChI is InChI=1S/C14H17FN2O3/c1-19-7-2-3-8(10(15)6-7)14(18)17-12-11(16)9-4-5-20-13(9)12/h2-3,6,9,11-13H,4-5,16H2,1H3,(H,17,18). The largest absolute Gasteiger partial charge is 0.497 e. The predicted molar refractivity (Wildman–Crippen MR) is 70.0 cm³/mol. The van der Waals surface area contributed by atoms with Gasteiger partial charge in [-0.1, -0.05) is 0 Å². The van der Waals surface area contributed by atoms with Gasteiger partial charge in [-0.25, -0.2) is 4.39 Å². The van der Waals surface area contributed by atoms with Gasteiger partial charge in [-0.05, 0) is 18.6 Å². The molecule has 1 saturated heterocycles. The van der Waals surface area contributed by atoms with Crippen molar-refractivity contribution < 1.29 is 18.7 Å². The molecule has 0 bridgehead atoms. The molecule has 6 heteroatoms. The Labute approximate surface area is 116 Å². The van der Waals surface area contributed by atoms with Gasteiger partial charge in [-0.2, -0.15) is 0 Å². The number of hydrogen-bond acceptors (Lipinski definition) is 4. The number of halogens is 1. The van der Waals surface area contributed by atoms with Crippen LogP contribution in [0.4, 0.5) is 4.39 Å². The molecule has 108 valence electrons. The Morgan fingerprint density at radius 3 is 3.05 bits per heavy atom. The average Bonchev–Trinajstić information content (AvgIpc) is 2.89. The fourth-order valence-corrected chi connectivity index (χ4v) is 2.96. The van der Waals surface area contributed by atoms with E-state index in [1.165, 1.54) is 19.2 Å². The molecule has 2 aliphatic rings. The fourth-order valence-electron chi connectivity index (χ4n) is 2.96. The van der Waals surface area contributed by atoms with E-state index in [9.17, 15) is 9.18 Å². The lowest BCUT2D eigenvalue weighted by atomic mass is 9.72. The first-order valence-corrected chi connectivity index (χ1v) is 6.63. The SMILES string of the molecule is COc1ccc(C(=O)NC2C(N)C3CCOC32)c(F)c1. The van der Waals surface area contributed by atoms with E-state index in [2.05, 4.69) is 5.32 Å². The fraction of sp³-hybridized carbons (Fsp3) is 0.500. The number of benzene rings is 1. The van der Waals surface area contributed by atoms with Crippen LogP contribution in [-0.2, 0) is 4.74 Å². The smallest absolute Gasteiger partial charge is 0.254 e. The average molecular weight is 280 g/mol. The van der Waals surface area contributed by atoms with Gasteiger partial charge in [0.15, 0.2) is 0 Å². The maximum Gasteiger partial charge on any atom is 0.254 e.